The first-order chi connectivity index (χ1) is 8.90. The highest BCUT2D eigenvalue weighted by atomic mass is 79.9. The Morgan fingerprint density at radius 3 is 2.32 bits per heavy atom. The summed E-state index contributed by atoms with van der Waals surface area (Å²) in [6.45, 7) is 6.70. The molecular formula is C15H19BrN2S. The van der Waals surface area contributed by atoms with Crippen molar-refractivity contribution in [2.45, 2.75) is 32.6 Å². The highest BCUT2D eigenvalue weighted by molar-refractivity contribution is 9.11. The van der Waals surface area contributed by atoms with Crippen LogP contribution in [0.15, 0.2) is 28.1 Å². The number of aromatic nitrogens is 1. The Bertz CT molecular complexity index is 553. The van der Waals surface area contributed by atoms with Crippen LogP contribution in [0.3, 0.4) is 0 Å². The molecule has 0 bridgehead atoms. The zero-order valence-corrected chi connectivity index (χ0v) is 14.2. The fraction of sp³-hybridized carbons (Fsp3) is 0.400. The number of nitrogens with zero attached hydrogens (tertiary/aromatic N) is 1. The maximum absolute atomic E-state index is 4.56. The summed E-state index contributed by atoms with van der Waals surface area (Å²) < 4.78 is 1.11. The highest BCUT2D eigenvalue weighted by Crippen LogP contribution is 2.30. The third-order valence-corrected chi connectivity index (χ3v) is 4.90. The van der Waals surface area contributed by atoms with E-state index in [2.05, 4.69) is 71.3 Å². The Balaban J connectivity index is 2.17. The van der Waals surface area contributed by atoms with Gasteiger partial charge in [0.25, 0.3) is 0 Å². The van der Waals surface area contributed by atoms with E-state index in [0.29, 0.717) is 0 Å². The molecule has 0 aliphatic heterocycles. The quantitative estimate of drug-likeness (QED) is 0.866. The van der Waals surface area contributed by atoms with Crippen molar-refractivity contribution < 1.29 is 0 Å². The van der Waals surface area contributed by atoms with E-state index in [9.17, 15) is 0 Å². The summed E-state index contributed by atoms with van der Waals surface area (Å²) in [7, 11) is 1.90. The van der Waals surface area contributed by atoms with E-state index in [1.165, 1.54) is 11.1 Å². The van der Waals surface area contributed by atoms with Crippen LogP contribution in [0.5, 0.6) is 0 Å². The first-order valence-electron chi connectivity index (χ1n) is 6.32. The van der Waals surface area contributed by atoms with Crippen LogP contribution in [0.1, 0.15) is 37.6 Å². The summed E-state index contributed by atoms with van der Waals surface area (Å²) in [6.07, 6.45) is 0.864. The molecule has 102 valence electrons. The van der Waals surface area contributed by atoms with Gasteiger partial charge in [-0.2, -0.15) is 0 Å². The second-order valence-corrected chi connectivity index (χ2v) is 7.93. The van der Waals surface area contributed by atoms with E-state index in [1.54, 1.807) is 11.3 Å². The largest absolute Gasteiger partial charge is 0.365 e. The van der Waals surface area contributed by atoms with Crippen molar-refractivity contribution in [2.24, 2.45) is 0 Å². The third kappa shape index (κ3) is 3.57. The van der Waals surface area contributed by atoms with Gasteiger partial charge in [-0.05, 0) is 32.5 Å². The van der Waals surface area contributed by atoms with Crippen molar-refractivity contribution in [3.05, 3.63) is 44.9 Å². The van der Waals surface area contributed by atoms with Crippen molar-refractivity contribution >= 4 is 32.4 Å². The summed E-state index contributed by atoms with van der Waals surface area (Å²) in [5.41, 5.74) is 3.96. The van der Waals surface area contributed by atoms with Crippen LogP contribution < -0.4 is 5.32 Å². The number of anilines is 1. The molecule has 0 aliphatic rings. The average molecular weight is 339 g/mol. The van der Waals surface area contributed by atoms with Crippen LogP contribution in [0, 0.1) is 0 Å². The van der Waals surface area contributed by atoms with Crippen molar-refractivity contribution in [1.29, 1.82) is 0 Å². The van der Waals surface area contributed by atoms with Gasteiger partial charge in [-0.15, -0.1) is 0 Å². The van der Waals surface area contributed by atoms with Gasteiger partial charge in [0, 0.05) is 13.5 Å². The van der Waals surface area contributed by atoms with Crippen LogP contribution in [0.2, 0.25) is 0 Å². The number of halogens is 1. The number of nitrogens with one attached hydrogen (secondary N) is 1. The Morgan fingerprint density at radius 1 is 1.21 bits per heavy atom. The lowest BCUT2D eigenvalue weighted by molar-refractivity contribution is 0.590. The molecule has 2 aromatic rings. The van der Waals surface area contributed by atoms with Gasteiger partial charge < -0.3 is 5.32 Å². The second kappa shape index (κ2) is 5.63. The van der Waals surface area contributed by atoms with E-state index in [-0.39, 0.29) is 5.41 Å². The fourth-order valence-electron chi connectivity index (χ4n) is 1.87. The van der Waals surface area contributed by atoms with Gasteiger partial charge in [0.1, 0.15) is 0 Å². The van der Waals surface area contributed by atoms with Gasteiger partial charge in [0.2, 0.25) is 0 Å². The lowest BCUT2D eigenvalue weighted by Crippen LogP contribution is -2.10. The van der Waals surface area contributed by atoms with Crippen LogP contribution >= 0.6 is 27.3 Å². The first-order valence-corrected chi connectivity index (χ1v) is 7.93. The Labute approximate surface area is 127 Å². The minimum absolute atomic E-state index is 0.207. The molecule has 0 unspecified atom stereocenters. The van der Waals surface area contributed by atoms with Crippen molar-refractivity contribution in [1.82, 2.24) is 4.98 Å². The molecule has 1 heterocycles. The molecule has 1 N–H and O–H groups in total. The lowest BCUT2D eigenvalue weighted by atomic mass is 9.86. The molecule has 0 radical (unpaired) electrons. The van der Waals surface area contributed by atoms with Crippen LogP contribution in [-0.4, -0.2) is 12.0 Å². The summed E-state index contributed by atoms with van der Waals surface area (Å²) >= 11 is 5.21. The van der Waals surface area contributed by atoms with Gasteiger partial charge >= 0.3 is 0 Å². The molecule has 0 aliphatic carbocycles. The van der Waals surface area contributed by atoms with E-state index < -0.39 is 0 Å². The number of rotatable bonds is 3. The fourth-order valence-corrected chi connectivity index (χ4v) is 3.22. The van der Waals surface area contributed by atoms with Gasteiger partial charge in [0.15, 0.2) is 5.13 Å². The molecule has 1 aromatic heterocycles. The minimum Gasteiger partial charge on any atom is -0.365 e. The smallest absolute Gasteiger partial charge is 0.183 e. The monoisotopic (exact) mass is 338 g/mol. The van der Waals surface area contributed by atoms with Gasteiger partial charge in [-0.25, -0.2) is 4.98 Å². The van der Waals surface area contributed by atoms with Gasteiger partial charge in [0.05, 0.1) is 9.48 Å². The van der Waals surface area contributed by atoms with E-state index in [0.717, 1.165) is 21.0 Å². The zero-order valence-electron chi connectivity index (χ0n) is 11.7. The molecule has 0 amide bonds. The molecular weight excluding hydrogens is 320 g/mol. The Morgan fingerprint density at radius 2 is 1.84 bits per heavy atom. The molecule has 1 aromatic carbocycles. The topological polar surface area (TPSA) is 24.9 Å². The molecule has 4 heteroatoms. The predicted molar refractivity (Wildman–Crippen MR) is 87.3 cm³/mol. The molecule has 0 saturated heterocycles. The SMILES string of the molecule is CNc1nc(Cc2ccc(C(C)(C)C)cc2)c(Br)s1. The number of hydrogen-bond acceptors (Lipinski definition) is 3. The van der Waals surface area contributed by atoms with Crippen molar-refractivity contribution in [2.75, 3.05) is 12.4 Å². The molecule has 2 nitrogen and oxygen atoms in total. The maximum Gasteiger partial charge on any atom is 0.183 e. The van der Waals surface area contributed by atoms with E-state index >= 15 is 0 Å². The van der Waals surface area contributed by atoms with Crippen molar-refractivity contribution in [3.63, 3.8) is 0 Å². The predicted octanol–water partition coefficient (Wildman–Crippen LogP) is 4.84. The molecule has 0 fully saturated rings. The molecule has 0 spiro atoms. The second-order valence-electron chi connectivity index (χ2n) is 5.61. The van der Waals surface area contributed by atoms with Crippen LogP contribution in [-0.2, 0) is 11.8 Å². The third-order valence-electron chi connectivity index (χ3n) is 3.06. The van der Waals surface area contributed by atoms with E-state index in [4.69, 9.17) is 0 Å². The molecule has 0 atom stereocenters. The first kappa shape index (κ1) is 14.5. The molecule has 19 heavy (non-hydrogen) atoms. The Hall–Kier alpha value is -0.870. The molecule has 0 saturated carbocycles. The summed E-state index contributed by atoms with van der Waals surface area (Å²) in [6, 6.07) is 8.83. The van der Waals surface area contributed by atoms with Crippen molar-refractivity contribution in [3.8, 4) is 0 Å². The van der Waals surface area contributed by atoms with Gasteiger partial charge in [-0.1, -0.05) is 56.4 Å². The van der Waals surface area contributed by atoms with Crippen LogP contribution in [0.4, 0.5) is 5.13 Å². The zero-order chi connectivity index (χ0) is 14.0. The van der Waals surface area contributed by atoms with E-state index in [1.807, 2.05) is 7.05 Å². The normalized spacial score (nSPS) is 11.6. The standard InChI is InChI=1S/C15H19BrN2S/c1-15(2,3)11-7-5-10(6-8-11)9-12-13(16)19-14(17-4)18-12/h5-8H,9H2,1-4H3,(H,17,18). The highest BCUT2D eigenvalue weighted by Gasteiger charge is 2.13. The summed E-state index contributed by atoms with van der Waals surface area (Å²) in [5, 5.41) is 4.03. The molecule has 2 rings (SSSR count). The average Bonchev–Trinajstić information content (AvgIpc) is 2.70. The lowest BCUT2D eigenvalue weighted by Gasteiger charge is -2.19. The van der Waals surface area contributed by atoms with Gasteiger partial charge in [-0.3, -0.25) is 0 Å². The number of thiazole rings is 1. The maximum atomic E-state index is 4.56. The Kier molecular flexibility index (Phi) is 4.31. The summed E-state index contributed by atoms with van der Waals surface area (Å²) in [4.78, 5) is 4.56. The van der Waals surface area contributed by atoms with Crippen LogP contribution in [0.25, 0.3) is 0 Å². The number of benzene rings is 1. The minimum atomic E-state index is 0.207. The summed E-state index contributed by atoms with van der Waals surface area (Å²) in [5.74, 6) is 0. The number of hydrogen-bond donors (Lipinski definition) is 1.